The van der Waals surface area contributed by atoms with Crippen molar-refractivity contribution < 1.29 is 14.3 Å². The lowest BCUT2D eigenvalue weighted by molar-refractivity contribution is 0.102. The summed E-state index contributed by atoms with van der Waals surface area (Å²) in [5.74, 6) is 0.968. The second kappa shape index (κ2) is 8.56. The van der Waals surface area contributed by atoms with E-state index in [1.165, 1.54) is 6.20 Å². The minimum absolute atomic E-state index is 0.330. The third-order valence-electron chi connectivity index (χ3n) is 3.94. The lowest BCUT2D eigenvalue weighted by Crippen LogP contribution is -2.12. The second-order valence-electron chi connectivity index (χ2n) is 5.80. The number of carbonyl (C=O) groups is 1. The minimum Gasteiger partial charge on any atom is -0.497 e. The first-order chi connectivity index (χ1) is 13.6. The molecule has 0 aliphatic carbocycles. The normalized spacial score (nSPS) is 9.89. The third kappa shape index (κ3) is 4.37. The number of amides is 1. The Hall–Kier alpha value is -4.05. The van der Waals surface area contributed by atoms with Crippen molar-refractivity contribution in [2.45, 2.75) is 0 Å². The van der Waals surface area contributed by atoms with Crippen molar-refractivity contribution in [1.29, 1.82) is 5.26 Å². The van der Waals surface area contributed by atoms with Gasteiger partial charge in [0.15, 0.2) is 0 Å². The molecule has 140 valence electrons. The van der Waals surface area contributed by atoms with Gasteiger partial charge in [0.1, 0.15) is 11.5 Å². The molecule has 1 aromatic heterocycles. The van der Waals surface area contributed by atoms with Gasteiger partial charge in [0.05, 0.1) is 49.0 Å². The van der Waals surface area contributed by atoms with Gasteiger partial charge >= 0.3 is 0 Å². The first-order valence-electron chi connectivity index (χ1n) is 8.38. The maximum absolute atomic E-state index is 12.5. The van der Waals surface area contributed by atoms with Crippen LogP contribution in [-0.2, 0) is 0 Å². The van der Waals surface area contributed by atoms with Gasteiger partial charge in [-0.05, 0) is 36.4 Å². The highest BCUT2D eigenvalue weighted by Crippen LogP contribution is 2.31. The molecule has 1 heterocycles. The monoisotopic (exact) mass is 374 g/mol. The number of nitrogens with zero attached hydrogens (tertiary/aromatic N) is 2. The molecule has 0 fully saturated rings. The molecule has 3 aromatic rings. The molecule has 0 atom stereocenters. The van der Waals surface area contributed by atoms with E-state index in [0.717, 1.165) is 0 Å². The summed E-state index contributed by atoms with van der Waals surface area (Å²) in [7, 11) is 3.16. The van der Waals surface area contributed by atoms with Crippen LogP contribution in [0, 0.1) is 11.3 Å². The van der Waals surface area contributed by atoms with E-state index in [4.69, 9.17) is 14.7 Å². The van der Waals surface area contributed by atoms with Crippen LogP contribution in [0.25, 0.3) is 0 Å². The van der Waals surface area contributed by atoms with Crippen LogP contribution in [0.4, 0.5) is 17.1 Å². The Morgan fingerprint density at radius 1 is 1.04 bits per heavy atom. The van der Waals surface area contributed by atoms with E-state index >= 15 is 0 Å². The third-order valence-corrected chi connectivity index (χ3v) is 3.94. The summed E-state index contributed by atoms with van der Waals surface area (Å²) < 4.78 is 10.6. The molecule has 0 radical (unpaired) electrons. The van der Waals surface area contributed by atoms with E-state index in [2.05, 4.69) is 15.6 Å². The topological polar surface area (TPSA) is 96.3 Å². The van der Waals surface area contributed by atoms with E-state index < -0.39 is 0 Å². The van der Waals surface area contributed by atoms with Crippen LogP contribution in [0.5, 0.6) is 11.5 Å². The van der Waals surface area contributed by atoms with Crippen LogP contribution < -0.4 is 20.1 Å². The molecule has 0 aliphatic rings. The van der Waals surface area contributed by atoms with E-state index in [1.807, 2.05) is 6.07 Å². The Morgan fingerprint density at radius 3 is 2.64 bits per heavy atom. The summed E-state index contributed by atoms with van der Waals surface area (Å²) in [6, 6.07) is 15.8. The van der Waals surface area contributed by atoms with Crippen molar-refractivity contribution in [3.05, 3.63) is 72.1 Å². The van der Waals surface area contributed by atoms with E-state index in [1.54, 1.807) is 68.9 Å². The van der Waals surface area contributed by atoms with Crippen molar-refractivity contribution in [1.82, 2.24) is 4.98 Å². The van der Waals surface area contributed by atoms with Gasteiger partial charge in [-0.25, -0.2) is 0 Å². The number of pyridine rings is 1. The average molecular weight is 374 g/mol. The molecule has 0 aliphatic heterocycles. The van der Waals surface area contributed by atoms with Gasteiger partial charge in [-0.3, -0.25) is 9.78 Å². The summed E-state index contributed by atoms with van der Waals surface area (Å²) >= 11 is 0. The lowest BCUT2D eigenvalue weighted by Gasteiger charge is -2.13. The summed E-state index contributed by atoms with van der Waals surface area (Å²) in [5, 5.41) is 14.9. The number of benzene rings is 2. The molecule has 7 nitrogen and oxygen atoms in total. The summed E-state index contributed by atoms with van der Waals surface area (Å²) in [4.78, 5) is 16.7. The predicted molar refractivity (Wildman–Crippen MR) is 106 cm³/mol. The first-order valence-corrected chi connectivity index (χ1v) is 8.38. The SMILES string of the molecule is COc1ccc(OC)c(Nc2cncc(C(=O)Nc3cccc(C#N)c3)c2)c1. The fourth-order valence-corrected chi connectivity index (χ4v) is 2.57. The molecule has 2 N–H and O–H groups in total. The number of carbonyl (C=O) groups excluding carboxylic acids is 1. The quantitative estimate of drug-likeness (QED) is 0.678. The van der Waals surface area contributed by atoms with Gasteiger partial charge in [-0.1, -0.05) is 6.07 Å². The highest BCUT2D eigenvalue weighted by molar-refractivity contribution is 6.04. The van der Waals surface area contributed by atoms with Gasteiger partial charge in [0, 0.05) is 18.0 Å². The number of nitrogens with one attached hydrogen (secondary N) is 2. The number of ether oxygens (including phenoxy) is 2. The van der Waals surface area contributed by atoms with Crippen molar-refractivity contribution in [2.24, 2.45) is 0 Å². The molecule has 0 bridgehead atoms. The van der Waals surface area contributed by atoms with Crippen molar-refractivity contribution in [2.75, 3.05) is 24.9 Å². The molecule has 0 spiro atoms. The number of methoxy groups -OCH3 is 2. The van der Waals surface area contributed by atoms with Gasteiger partial charge < -0.3 is 20.1 Å². The zero-order valence-corrected chi connectivity index (χ0v) is 15.4. The van der Waals surface area contributed by atoms with Crippen LogP contribution >= 0.6 is 0 Å². The van der Waals surface area contributed by atoms with Gasteiger partial charge in [-0.2, -0.15) is 5.26 Å². The Labute approximate surface area is 162 Å². The Balaban J connectivity index is 1.80. The number of hydrogen-bond acceptors (Lipinski definition) is 6. The van der Waals surface area contributed by atoms with Gasteiger partial charge in [0.2, 0.25) is 0 Å². The van der Waals surface area contributed by atoms with Crippen molar-refractivity contribution in [3.63, 3.8) is 0 Å². The zero-order valence-electron chi connectivity index (χ0n) is 15.4. The largest absolute Gasteiger partial charge is 0.497 e. The van der Waals surface area contributed by atoms with Crippen LogP contribution in [0.3, 0.4) is 0 Å². The average Bonchev–Trinajstić information content (AvgIpc) is 2.74. The highest BCUT2D eigenvalue weighted by Gasteiger charge is 2.10. The molecule has 0 unspecified atom stereocenters. The first kappa shape index (κ1) is 18.7. The summed E-state index contributed by atoms with van der Waals surface area (Å²) in [5.41, 5.74) is 2.68. The number of anilines is 3. The standard InChI is InChI=1S/C21H18N4O3/c1-27-18-6-7-20(28-2)19(10-18)24-17-9-15(12-23-13-17)21(26)25-16-5-3-4-14(8-16)11-22/h3-10,12-13,24H,1-2H3,(H,25,26). The van der Waals surface area contributed by atoms with Gasteiger partial charge in [-0.15, -0.1) is 0 Å². The number of rotatable bonds is 6. The molecule has 28 heavy (non-hydrogen) atoms. The molecule has 3 rings (SSSR count). The van der Waals surface area contributed by atoms with Crippen LogP contribution in [0.15, 0.2) is 60.9 Å². The molecular weight excluding hydrogens is 356 g/mol. The zero-order chi connectivity index (χ0) is 19.9. The van der Waals surface area contributed by atoms with E-state index in [0.29, 0.717) is 39.7 Å². The predicted octanol–water partition coefficient (Wildman–Crippen LogP) is 3.97. The van der Waals surface area contributed by atoms with Crippen LogP contribution in [0.1, 0.15) is 15.9 Å². The molecule has 0 saturated carbocycles. The molecule has 1 amide bonds. The minimum atomic E-state index is -0.330. The molecule has 7 heteroatoms. The fourth-order valence-electron chi connectivity index (χ4n) is 2.57. The molecular formula is C21H18N4O3. The number of hydrogen-bond donors (Lipinski definition) is 2. The van der Waals surface area contributed by atoms with Crippen LogP contribution in [-0.4, -0.2) is 25.1 Å². The number of nitriles is 1. The van der Waals surface area contributed by atoms with Crippen molar-refractivity contribution in [3.8, 4) is 17.6 Å². The second-order valence-corrected chi connectivity index (χ2v) is 5.80. The van der Waals surface area contributed by atoms with E-state index in [-0.39, 0.29) is 5.91 Å². The summed E-state index contributed by atoms with van der Waals surface area (Å²) in [6.07, 6.45) is 3.07. The maximum Gasteiger partial charge on any atom is 0.257 e. The maximum atomic E-state index is 12.5. The Morgan fingerprint density at radius 2 is 1.89 bits per heavy atom. The number of aromatic nitrogens is 1. The van der Waals surface area contributed by atoms with E-state index in [9.17, 15) is 4.79 Å². The fraction of sp³-hybridized carbons (Fsp3) is 0.0952. The summed E-state index contributed by atoms with van der Waals surface area (Å²) in [6.45, 7) is 0. The smallest absolute Gasteiger partial charge is 0.257 e. The molecule has 0 saturated heterocycles. The van der Waals surface area contributed by atoms with Gasteiger partial charge in [0.25, 0.3) is 5.91 Å². The lowest BCUT2D eigenvalue weighted by atomic mass is 10.2. The molecule has 2 aromatic carbocycles. The van der Waals surface area contributed by atoms with Crippen LogP contribution in [0.2, 0.25) is 0 Å². The Bertz CT molecular complexity index is 1040. The van der Waals surface area contributed by atoms with Crippen molar-refractivity contribution >= 4 is 23.0 Å². The highest BCUT2D eigenvalue weighted by atomic mass is 16.5. The Kier molecular flexibility index (Phi) is 5.72.